The molecular formula is C17H27N3O5S. The summed E-state index contributed by atoms with van der Waals surface area (Å²) in [4.78, 5) is 11.6. The van der Waals surface area contributed by atoms with Gasteiger partial charge >= 0.3 is 6.03 Å². The van der Waals surface area contributed by atoms with Gasteiger partial charge in [-0.1, -0.05) is 6.07 Å². The van der Waals surface area contributed by atoms with Gasteiger partial charge in [0.1, 0.15) is 0 Å². The molecule has 0 saturated heterocycles. The van der Waals surface area contributed by atoms with Gasteiger partial charge in [-0.2, -0.15) is 0 Å². The molecule has 146 valence electrons. The van der Waals surface area contributed by atoms with E-state index in [0.29, 0.717) is 24.5 Å². The Morgan fingerprint density at radius 3 is 2.46 bits per heavy atom. The molecule has 2 rings (SSSR count). The van der Waals surface area contributed by atoms with E-state index in [1.165, 1.54) is 10.6 Å². The summed E-state index contributed by atoms with van der Waals surface area (Å²) < 4.78 is 35.8. The number of nitrogens with zero attached hydrogens (tertiary/aromatic N) is 1. The van der Waals surface area contributed by atoms with E-state index in [2.05, 4.69) is 10.6 Å². The second kappa shape index (κ2) is 9.09. The monoisotopic (exact) mass is 385 g/mol. The van der Waals surface area contributed by atoms with Crippen molar-refractivity contribution >= 4 is 16.1 Å². The molecule has 0 bridgehead atoms. The molecule has 2 N–H and O–H groups in total. The van der Waals surface area contributed by atoms with Crippen molar-refractivity contribution < 1.29 is 22.7 Å². The van der Waals surface area contributed by atoms with E-state index in [4.69, 9.17) is 9.47 Å². The Labute approximate surface area is 154 Å². The number of hydrogen-bond acceptors (Lipinski definition) is 5. The van der Waals surface area contributed by atoms with Crippen molar-refractivity contribution in [3.63, 3.8) is 0 Å². The Kier molecular flexibility index (Phi) is 7.10. The molecule has 0 radical (unpaired) electrons. The Morgan fingerprint density at radius 2 is 1.88 bits per heavy atom. The van der Waals surface area contributed by atoms with Gasteiger partial charge in [0.05, 0.1) is 20.5 Å². The number of carbonyl (C=O) groups is 1. The summed E-state index contributed by atoms with van der Waals surface area (Å²) in [6, 6.07) is 5.53. The molecule has 0 aliphatic heterocycles. The van der Waals surface area contributed by atoms with Crippen molar-refractivity contribution in [2.24, 2.45) is 0 Å². The van der Waals surface area contributed by atoms with E-state index >= 15 is 0 Å². The van der Waals surface area contributed by atoms with Crippen LogP contribution in [0.3, 0.4) is 0 Å². The number of urea groups is 1. The Bertz CT molecular complexity index is 719. The van der Waals surface area contributed by atoms with Crippen molar-refractivity contribution in [2.75, 3.05) is 40.1 Å². The molecule has 9 heteroatoms. The third kappa shape index (κ3) is 6.38. The minimum Gasteiger partial charge on any atom is -0.493 e. The maximum Gasteiger partial charge on any atom is 0.315 e. The van der Waals surface area contributed by atoms with Crippen LogP contribution in [0.5, 0.6) is 11.5 Å². The lowest BCUT2D eigenvalue weighted by atomic mass is 10.1. The van der Waals surface area contributed by atoms with Crippen LogP contribution in [0.4, 0.5) is 4.79 Å². The van der Waals surface area contributed by atoms with E-state index in [0.717, 1.165) is 18.4 Å². The summed E-state index contributed by atoms with van der Waals surface area (Å²) in [6.45, 7) is 0.808. The third-order valence-corrected chi connectivity index (χ3v) is 5.43. The molecule has 0 spiro atoms. The second-order valence-electron chi connectivity index (χ2n) is 6.28. The van der Waals surface area contributed by atoms with Crippen molar-refractivity contribution in [1.82, 2.24) is 14.9 Å². The molecule has 0 unspecified atom stereocenters. The number of amides is 2. The van der Waals surface area contributed by atoms with E-state index in [-0.39, 0.29) is 25.2 Å². The van der Waals surface area contributed by atoms with Gasteiger partial charge in [0.25, 0.3) is 0 Å². The molecule has 0 aromatic heterocycles. The summed E-state index contributed by atoms with van der Waals surface area (Å²) in [5.41, 5.74) is 0.940. The summed E-state index contributed by atoms with van der Waals surface area (Å²) in [7, 11) is -0.243. The van der Waals surface area contributed by atoms with Crippen LogP contribution in [-0.2, 0) is 16.4 Å². The molecule has 1 fully saturated rings. The van der Waals surface area contributed by atoms with Crippen LogP contribution >= 0.6 is 0 Å². The van der Waals surface area contributed by atoms with Crippen molar-refractivity contribution in [2.45, 2.75) is 25.3 Å². The normalized spacial score (nSPS) is 14.2. The predicted molar refractivity (Wildman–Crippen MR) is 99.2 cm³/mol. The summed E-state index contributed by atoms with van der Waals surface area (Å²) in [6.07, 6.45) is 3.72. The van der Waals surface area contributed by atoms with Crippen LogP contribution in [-0.4, -0.2) is 64.9 Å². The predicted octanol–water partition coefficient (Wildman–Crippen LogP) is 0.970. The van der Waals surface area contributed by atoms with Gasteiger partial charge < -0.3 is 20.1 Å². The van der Waals surface area contributed by atoms with E-state index < -0.39 is 10.0 Å². The lowest BCUT2D eigenvalue weighted by molar-refractivity contribution is 0.239. The maximum absolute atomic E-state index is 12.0. The van der Waals surface area contributed by atoms with Gasteiger partial charge in [-0.15, -0.1) is 0 Å². The molecule has 1 aromatic carbocycles. The van der Waals surface area contributed by atoms with Gasteiger partial charge in [0, 0.05) is 25.7 Å². The highest BCUT2D eigenvalue weighted by atomic mass is 32.2. The third-order valence-electron chi connectivity index (χ3n) is 4.13. The topological polar surface area (TPSA) is 97.0 Å². The number of benzene rings is 1. The van der Waals surface area contributed by atoms with Gasteiger partial charge in [-0.3, -0.25) is 0 Å². The van der Waals surface area contributed by atoms with Crippen LogP contribution in [0.2, 0.25) is 0 Å². The van der Waals surface area contributed by atoms with Crippen molar-refractivity contribution in [3.8, 4) is 11.5 Å². The van der Waals surface area contributed by atoms with Gasteiger partial charge in [0.15, 0.2) is 11.5 Å². The molecule has 1 aromatic rings. The van der Waals surface area contributed by atoms with E-state index in [1.807, 2.05) is 12.1 Å². The largest absolute Gasteiger partial charge is 0.493 e. The van der Waals surface area contributed by atoms with Crippen molar-refractivity contribution in [1.29, 1.82) is 0 Å². The second-order valence-corrected chi connectivity index (χ2v) is 8.26. The zero-order chi connectivity index (χ0) is 19.2. The van der Waals surface area contributed by atoms with Crippen LogP contribution in [0.25, 0.3) is 0 Å². The van der Waals surface area contributed by atoms with Crippen molar-refractivity contribution in [3.05, 3.63) is 23.8 Å². The smallest absolute Gasteiger partial charge is 0.315 e. The fourth-order valence-corrected chi connectivity index (χ4v) is 3.34. The van der Waals surface area contributed by atoms with Gasteiger partial charge in [-0.05, 0) is 37.0 Å². The number of hydrogen-bond donors (Lipinski definition) is 2. The molecule has 1 aliphatic rings. The highest BCUT2D eigenvalue weighted by molar-refractivity contribution is 7.88. The number of methoxy groups -OCH3 is 2. The average molecular weight is 385 g/mol. The summed E-state index contributed by atoms with van der Waals surface area (Å²) in [5.74, 6) is 1.23. The molecule has 1 saturated carbocycles. The molecule has 0 heterocycles. The standard InChI is InChI=1S/C17H27N3O5S/c1-24-15-7-4-13(12-16(15)25-2)8-10-20(26(3,22)23)11-9-18-17(21)19-14-5-6-14/h4,7,12,14H,5-6,8-11H2,1-3H3,(H2,18,19,21). The van der Waals surface area contributed by atoms with Crippen LogP contribution in [0, 0.1) is 0 Å². The summed E-state index contributed by atoms with van der Waals surface area (Å²) >= 11 is 0. The first kappa shape index (κ1) is 20.3. The lowest BCUT2D eigenvalue weighted by Gasteiger charge is -2.20. The fraction of sp³-hybridized carbons (Fsp3) is 0.588. The SMILES string of the molecule is COc1ccc(CCN(CCNC(=O)NC2CC2)S(C)(=O)=O)cc1OC. The molecule has 8 nitrogen and oxygen atoms in total. The summed E-state index contributed by atoms with van der Waals surface area (Å²) in [5, 5.41) is 5.50. The van der Waals surface area contributed by atoms with Crippen LogP contribution in [0.1, 0.15) is 18.4 Å². The molecule has 2 amide bonds. The first-order chi connectivity index (χ1) is 12.3. The fourth-order valence-electron chi connectivity index (χ4n) is 2.49. The molecule has 1 aliphatic carbocycles. The number of ether oxygens (including phenoxy) is 2. The lowest BCUT2D eigenvalue weighted by Crippen LogP contribution is -2.43. The van der Waals surface area contributed by atoms with Gasteiger partial charge in [0.2, 0.25) is 10.0 Å². The Balaban J connectivity index is 1.88. The maximum atomic E-state index is 12.0. The molecule has 26 heavy (non-hydrogen) atoms. The highest BCUT2D eigenvalue weighted by Gasteiger charge is 2.23. The average Bonchev–Trinajstić information content (AvgIpc) is 3.40. The number of carbonyl (C=O) groups excluding carboxylic acids is 1. The quantitative estimate of drug-likeness (QED) is 0.626. The minimum absolute atomic E-state index is 0.226. The van der Waals surface area contributed by atoms with Crippen LogP contribution < -0.4 is 20.1 Å². The van der Waals surface area contributed by atoms with Crippen LogP contribution in [0.15, 0.2) is 18.2 Å². The van der Waals surface area contributed by atoms with Gasteiger partial charge in [-0.25, -0.2) is 17.5 Å². The van der Waals surface area contributed by atoms with E-state index in [9.17, 15) is 13.2 Å². The number of sulfonamides is 1. The minimum atomic E-state index is -3.37. The first-order valence-electron chi connectivity index (χ1n) is 8.54. The Morgan fingerprint density at radius 1 is 1.19 bits per heavy atom. The zero-order valence-electron chi connectivity index (χ0n) is 15.4. The first-order valence-corrected chi connectivity index (χ1v) is 10.4. The number of rotatable bonds is 10. The number of nitrogens with one attached hydrogen (secondary N) is 2. The zero-order valence-corrected chi connectivity index (χ0v) is 16.3. The molecular weight excluding hydrogens is 358 g/mol. The van der Waals surface area contributed by atoms with E-state index in [1.54, 1.807) is 20.3 Å². The Hall–Kier alpha value is -2.00. The highest BCUT2D eigenvalue weighted by Crippen LogP contribution is 2.27. The molecule has 0 atom stereocenters.